The van der Waals surface area contributed by atoms with E-state index >= 15 is 0 Å². The monoisotopic (exact) mass is 241 g/mol. The van der Waals surface area contributed by atoms with Crippen molar-refractivity contribution in [3.63, 3.8) is 0 Å². The molecule has 2 rings (SSSR count). The number of nitrogens with one attached hydrogen (secondary N) is 2. The van der Waals surface area contributed by atoms with Gasteiger partial charge in [0, 0.05) is 23.8 Å². The Balaban J connectivity index is 1.67. The zero-order valence-electron chi connectivity index (χ0n) is 8.16. The van der Waals surface area contributed by atoms with Crippen molar-refractivity contribution in [3.8, 4) is 0 Å². The van der Waals surface area contributed by atoms with Crippen LogP contribution in [0.15, 0.2) is 24.5 Å². The second kappa shape index (κ2) is 5.30. The van der Waals surface area contributed by atoms with Gasteiger partial charge >= 0.3 is 0 Å². The van der Waals surface area contributed by atoms with Crippen molar-refractivity contribution in [2.24, 2.45) is 0 Å². The fraction of sp³-hybridized carbons (Fsp3) is 0.300. The minimum atomic E-state index is 0.784. The highest BCUT2D eigenvalue weighted by molar-refractivity contribution is 7.16. The summed E-state index contributed by atoms with van der Waals surface area (Å²) in [5.74, 6) is 0.971. The van der Waals surface area contributed by atoms with Crippen LogP contribution in [0.2, 0.25) is 4.34 Å². The van der Waals surface area contributed by atoms with Gasteiger partial charge < -0.3 is 10.3 Å². The van der Waals surface area contributed by atoms with Crippen molar-refractivity contribution in [1.29, 1.82) is 0 Å². The molecule has 0 spiro atoms. The van der Waals surface area contributed by atoms with Gasteiger partial charge in [0.05, 0.1) is 10.9 Å². The van der Waals surface area contributed by atoms with E-state index < -0.39 is 0 Å². The fourth-order valence-electron chi connectivity index (χ4n) is 1.30. The van der Waals surface area contributed by atoms with E-state index in [4.69, 9.17) is 11.6 Å². The lowest BCUT2D eigenvalue weighted by atomic mass is 10.3. The van der Waals surface area contributed by atoms with Crippen molar-refractivity contribution < 1.29 is 0 Å². The minimum Gasteiger partial charge on any atom is -0.348 e. The standard InChI is InChI=1S/C10H12ClN3S/c11-9-2-1-8(15-9)3-4-12-7-10-13-5-6-14-10/h1-2,5-6,12H,3-4,7H2,(H,13,14). The molecule has 2 heterocycles. The van der Waals surface area contributed by atoms with Crippen molar-refractivity contribution in [2.75, 3.05) is 6.54 Å². The molecular formula is C10H12ClN3S. The van der Waals surface area contributed by atoms with Gasteiger partial charge in [-0.3, -0.25) is 0 Å². The summed E-state index contributed by atoms with van der Waals surface area (Å²) in [6.45, 7) is 1.73. The third-order valence-electron chi connectivity index (χ3n) is 2.02. The summed E-state index contributed by atoms with van der Waals surface area (Å²) < 4.78 is 0.857. The van der Waals surface area contributed by atoms with E-state index in [0.29, 0.717) is 0 Å². The van der Waals surface area contributed by atoms with Gasteiger partial charge in [0.25, 0.3) is 0 Å². The summed E-state index contributed by atoms with van der Waals surface area (Å²) in [5, 5.41) is 3.32. The van der Waals surface area contributed by atoms with E-state index in [1.807, 2.05) is 12.3 Å². The molecule has 2 N–H and O–H groups in total. The first-order valence-corrected chi connectivity index (χ1v) is 5.97. The first-order chi connectivity index (χ1) is 7.34. The second-order valence-corrected chi connectivity index (χ2v) is 4.97. The Morgan fingerprint density at radius 1 is 1.47 bits per heavy atom. The van der Waals surface area contributed by atoms with E-state index in [9.17, 15) is 0 Å². The summed E-state index contributed by atoms with van der Waals surface area (Å²) in [5.41, 5.74) is 0. The number of halogens is 1. The summed E-state index contributed by atoms with van der Waals surface area (Å²) >= 11 is 7.48. The van der Waals surface area contributed by atoms with Gasteiger partial charge in [-0.05, 0) is 18.6 Å². The Morgan fingerprint density at radius 3 is 3.07 bits per heavy atom. The smallest absolute Gasteiger partial charge is 0.120 e. The molecule has 0 unspecified atom stereocenters. The molecule has 0 aliphatic rings. The van der Waals surface area contributed by atoms with E-state index in [-0.39, 0.29) is 0 Å². The van der Waals surface area contributed by atoms with E-state index in [0.717, 1.165) is 29.7 Å². The Morgan fingerprint density at radius 2 is 2.40 bits per heavy atom. The highest BCUT2D eigenvalue weighted by Crippen LogP contribution is 2.21. The molecule has 2 aromatic rings. The van der Waals surface area contributed by atoms with Crippen molar-refractivity contribution in [3.05, 3.63) is 39.6 Å². The normalized spacial score (nSPS) is 10.7. The zero-order chi connectivity index (χ0) is 10.5. The predicted molar refractivity (Wildman–Crippen MR) is 63.3 cm³/mol. The number of hydrogen-bond donors (Lipinski definition) is 2. The molecule has 0 atom stereocenters. The minimum absolute atomic E-state index is 0.784. The molecular weight excluding hydrogens is 230 g/mol. The molecule has 15 heavy (non-hydrogen) atoms. The van der Waals surface area contributed by atoms with Crippen LogP contribution in [0.4, 0.5) is 0 Å². The summed E-state index contributed by atoms with van der Waals surface area (Å²) in [4.78, 5) is 8.49. The molecule has 80 valence electrons. The Hall–Kier alpha value is -0.840. The third-order valence-corrected chi connectivity index (χ3v) is 3.32. The van der Waals surface area contributed by atoms with Gasteiger partial charge in [-0.1, -0.05) is 11.6 Å². The van der Waals surface area contributed by atoms with Gasteiger partial charge in [-0.25, -0.2) is 4.98 Å². The van der Waals surface area contributed by atoms with Crippen LogP contribution in [0.1, 0.15) is 10.7 Å². The van der Waals surface area contributed by atoms with Crippen LogP contribution in [-0.2, 0) is 13.0 Å². The number of thiophene rings is 1. The first-order valence-electron chi connectivity index (χ1n) is 4.78. The highest BCUT2D eigenvalue weighted by atomic mass is 35.5. The molecule has 0 aromatic carbocycles. The van der Waals surface area contributed by atoms with Crippen molar-refractivity contribution >= 4 is 22.9 Å². The maximum atomic E-state index is 5.84. The second-order valence-electron chi connectivity index (χ2n) is 3.17. The van der Waals surface area contributed by atoms with Gasteiger partial charge in [0.1, 0.15) is 5.82 Å². The van der Waals surface area contributed by atoms with E-state index in [1.165, 1.54) is 4.88 Å². The maximum absolute atomic E-state index is 5.84. The Labute approximate surface area is 97.5 Å². The van der Waals surface area contributed by atoms with Gasteiger partial charge in [-0.15, -0.1) is 11.3 Å². The van der Waals surface area contributed by atoms with Crippen LogP contribution < -0.4 is 5.32 Å². The summed E-state index contributed by atoms with van der Waals surface area (Å²) in [6.07, 6.45) is 4.60. The number of rotatable bonds is 5. The molecule has 0 amide bonds. The van der Waals surface area contributed by atoms with Crippen LogP contribution in [0.5, 0.6) is 0 Å². The average molecular weight is 242 g/mol. The highest BCUT2D eigenvalue weighted by Gasteiger charge is 1.98. The van der Waals surface area contributed by atoms with Crippen LogP contribution in [0, 0.1) is 0 Å². The number of hydrogen-bond acceptors (Lipinski definition) is 3. The third kappa shape index (κ3) is 3.34. The first kappa shape index (κ1) is 10.7. The zero-order valence-corrected chi connectivity index (χ0v) is 9.74. The molecule has 0 saturated heterocycles. The quantitative estimate of drug-likeness (QED) is 0.790. The molecule has 0 aliphatic heterocycles. The average Bonchev–Trinajstić information content (AvgIpc) is 2.84. The van der Waals surface area contributed by atoms with E-state index in [1.54, 1.807) is 17.5 Å². The molecule has 0 radical (unpaired) electrons. The molecule has 2 aromatic heterocycles. The topological polar surface area (TPSA) is 40.7 Å². The van der Waals surface area contributed by atoms with Gasteiger partial charge in [0.2, 0.25) is 0 Å². The fourth-order valence-corrected chi connectivity index (χ4v) is 2.39. The number of imidazole rings is 1. The Kier molecular flexibility index (Phi) is 3.77. The summed E-state index contributed by atoms with van der Waals surface area (Å²) in [6, 6.07) is 4.01. The predicted octanol–water partition coefficient (Wildman–Crippen LogP) is 2.46. The van der Waals surface area contributed by atoms with Crippen LogP contribution >= 0.6 is 22.9 Å². The molecule has 0 saturated carbocycles. The largest absolute Gasteiger partial charge is 0.348 e. The lowest BCUT2D eigenvalue weighted by Gasteiger charge is -2.00. The molecule has 0 fully saturated rings. The van der Waals surface area contributed by atoms with Crippen molar-refractivity contribution in [1.82, 2.24) is 15.3 Å². The van der Waals surface area contributed by atoms with Crippen LogP contribution in [-0.4, -0.2) is 16.5 Å². The lowest BCUT2D eigenvalue weighted by Crippen LogP contribution is -2.17. The SMILES string of the molecule is Clc1ccc(CCNCc2ncc[nH]2)s1. The van der Waals surface area contributed by atoms with Crippen LogP contribution in [0.3, 0.4) is 0 Å². The number of aromatic amines is 1. The van der Waals surface area contributed by atoms with Gasteiger partial charge in [-0.2, -0.15) is 0 Å². The molecule has 0 bridgehead atoms. The molecule has 0 aliphatic carbocycles. The van der Waals surface area contributed by atoms with Crippen molar-refractivity contribution in [2.45, 2.75) is 13.0 Å². The number of nitrogens with zero attached hydrogens (tertiary/aromatic N) is 1. The number of aromatic nitrogens is 2. The van der Waals surface area contributed by atoms with Gasteiger partial charge in [0.15, 0.2) is 0 Å². The lowest BCUT2D eigenvalue weighted by molar-refractivity contribution is 0.668. The van der Waals surface area contributed by atoms with E-state index in [2.05, 4.69) is 21.4 Å². The van der Waals surface area contributed by atoms with Crippen LogP contribution in [0.25, 0.3) is 0 Å². The molecule has 3 nitrogen and oxygen atoms in total. The Bertz CT molecular complexity index is 396. The maximum Gasteiger partial charge on any atom is 0.120 e. The summed E-state index contributed by atoms with van der Waals surface area (Å²) in [7, 11) is 0. The number of H-pyrrole nitrogens is 1. The molecule has 5 heteroatoms.